The van der Waals surface area contributed by atoms with Crippen molar-refractivity contribution >= 4 is 28.9 Å². The number of anilines is 1. The molecule has 1 heterocycles. The first-order valence-electron chi connectivity index (χ1n) is 6.05. The molecule has 20 heavy (non-hydrogen) atoms. The van der Waals surface area contributed by atoms with E-state index in [4.69, 9.17) is 16.6 Å². The molecule has 6 heteroatoms. The number of thiocarbonyl (C=S) groups is 1. The lowest BCUT2D eigenvalue weighted by Crippen LogP contribution is -2.43. The topological polar surface area (TPSA) is 66.3 Å². The van der Waals surface area contributed by atoms with Gasteiger partial charge in [0.25, 0.3) is 0 Å². The van der Waals surface area contributed by atoms with Crippen molar-refractivity contribution in [2.75, 3.05) is 5.32 Å². The number of carbonyl (C=O) groups excluding carboxylic acids is 1. The van der Waals surface area contributed by atoms with Crippen LogP contribution in [0.1, 0.15) is 21.7 Å². The van der Waals surface area contributed by atoms with E-state index in [1.165, 1.54) is 6.26 Å². The third-order valence-corrected chi connectivity index (χ3v) is 3.09. The number of carbonyl (C=O) groups is 1. The smallest absolute Gasteiger partial charge is 0.305 e. The molecule has 0 spiro atoms. The van der Waals surface area contributed by atoms with E-state index in [2.05, 4.69) is 16.2 Å². The van der Waals surface area contributed by atoms with Crippen LogP contribution < -0.4 is 16.2 Å². The number of aryl methyl sites for hydroxylation is 1. The van der Waals surface area contributed by atoms with Crippen molar-refractivity contribution in [3.8, 4) is 0 Å². The predicted molar refractivity (Wildman–Crippen MR) is 81.4 cm³/mol. The van der Waals surface area contributed by atoms with Gasteiger partial charge in [-0.25, -0.2) is 0 Å². The molecule has 0 fully saturated rings. The molecule has 2 rings (SSSR count). The Morgan fingerprint density at radius 1 is 1.15 bits per heavy atom. The summed E-state index contributed by atoms with van der Waals surface area (Å²) in [5, 5.41) is 3.33. The van der Waals surface area contributed by atoms with Gasteiger partial charge in [-0.15, -0.1) is 0 Å². The minimum Gasteiger partial charge on any atom is -0.459 e. The molecule has 0 bridgehead atoms. The van der Waals surface area contributed by atoms with Gasteiger partial charge in [-0.05, 0) is 55.4 Å². The molecular weight excluding hydrogens is 274 g/mol. The molecule has 1 aromatic heterocycles. The Morgan fingerprint density at radius 3 is 2.65 bits per heavy atom. The molecule has 0 radical (unpaired) electrons. The summed E-state index contributed by atoms with van der Waals surface area (Å²) in [6.07, 6.45) is 1.43. The van der Waals surface area contributed by atoms with E-state index in [9.17, 15) is 4.79 Å². The zero-order chi connectivity index (χ0) is 14.5. The summed E-state index contributed by atoms with van der Waals surface area (Å²) < 4.78 is 4.96. The van der Waals surface area contributed by atoms with E-state index in [0.717, 1.165) is 16.8 Å². The molecular formula is C14H15N3O2S. The van der Waals surface area contributed by atoms with Crippen LogP contribution in [0.4, 0.5) is 5.69 Å². The van der Waals surface area contributed by atoms with Gasteiger partial charge >= 0.3 is 5.91 Å². The SMILES string of the molecule is Cc1cccc(NC(=S)NNC(=O)c2ccco2)c1C. The van der Waals surface area contributed by atoms with E-state index >= 15 is 0 Å². The van der Waals surface area contributed by atoms with E-state index in [1.54, 1.807) is 12.1 Å². The second-order valence-corrected chi connectivity index (χ2v) is 4.67. The van der Waals surface area contributed by atoms with Crippen LogP contribution in [-0.2, 0) is 0 Å². The Labute approximate surface area is 122 Å². The summed E-state index contributed by atoms with van der Waals surface area (Å²) in [5.74, 6) is -0.174. The maximum absolute atomic E-state index is 11.6. The number of nitrogens with one attached hydrogen (secondary N) is 3. The minimum absolute atomic E-state index is 0.215. The Balaban J connectivity index is 1.90. The summed E-state index contributed by atoms with van der Waals surface area (Å²) in [7, 11) is 0. The van der Waals surface area contributed by atoms with Crippen molar-refractivity contribution in [3.05, 3.63) is 53.5 Å². The Bertz CT molecular complexity index is 623. The third kappa shape index (κ3) is 3.36. The largest absolute Gasteiger partial charge is 0.459 e. The monoisotopic (exact) mass is 289 g/mol. The van der Waals surface area contributed by atoms with Crippen LogP contribution in [0.3, 0.4) is 0 Å². The maximum Gasteiger partial charge on any atom is 0.305 e. The molecule has 0 aliphatic carbocycles. The molecule has 1 amide bonds. The summed E-state index contributed by atoms with van der Waals surface area (Å²) in [6, 6.07) is 9.09. The number of rotatable bonds is 2. The number of hydrogen-bond donors (Lipinski definition) is 3. The van der Waals surface area contributed by atoms with Gasteiger partial charge in [0.1, 0.15) is 0 Å². The molecule has 0 atom stereocenters. The van der Waals surface area contributed by atoms with Crippen LogP contribution in [0.25, 0.3) is 0 Å². The van der Waals surface area contributed by atoms with Crippen molar-refractivity contribution in [1.29, 1.82) is 0 Å². The number of hydrogen-bond acceptors (Lipinski definition) is 3. The molecule has 2 aromatic rings. The maximum atomic E-state index is 11.6. The highest BCUT2D eigenvalue weighted by Crippen LogP contribution is 2.17. The average Bonchev–Trinajstić information content (AvgIpc) is 2.95. The third-order valence-electron chi connectivity index (χ3n) is 2.89. The zero-order valence-electron chi connectivity index (χ0n) is 11.2. The highest BCUT2D eigenvalue weighted by Gasteiger charge is 2.08. The Morgan fingerprint density at radius 2 is 1.95 bits per heavy atom. The normalized spacial score (nSPS) is 9.90. The van der Waals surface area contributed by atoms with E-state index in [-0.39, 0.29) is 11.7 Å². The quantitative estimate of drug-likeness (QED) is 0.585. The highest BCUT2D eigenvalue weighted by molar-refractivity contribution is 7.80. The van der Waals surface area contributed by atoms with Gasteiger partial charge in [0.15, 0.2) is 10.9 Å². The average molecular weight is 289 g/mol. The van der Waals surface area contributed by atoms with E-state index in [1.807, 2.05) is 32.0 Å². The fourth-order valence-electron chi connectivity index (χ4n) is 1.62. The van der Waals surface area contributed by atoms with Gasteiger partial charge < -0.3 is 9.73 Å². The van der Waals surface area contributed by atoms with Crippen LogP contribution in [0, 0.1) is 13.8 Å². The van der Waals surface area contributed by atoms with Gasteiger partial charge in [-0.1, -0.05) is 12.1 Å². The van der Waals surface area contributed by atoms with Crippen LogP contribution in [0.5, 0.6) is 0 Å². The fraction of sp³-hybridized carbons (Fsp3) is 0.143. The highest BCUT2D eigenvalue weighted by atomic mass is 32.1. The van der Waals surface area contributed by atoms with E-state index in [0.29, 0.717) is 5.11 Å². The summed E-state index contributed by atoms with van der Waals surface area (Å²) in [4.78, 5) is 11.6. The van der Waals surface area contributed by atoms with Gasteiger partial charge in [0.05, 0.1) is 6.26 Å². The van der Waals surface area contributed by atoms with Gasteiger partial charge in [-0.2, -0.15) is 0 Å². The zero-order valence-corrected chi connectivity index (χ0v) is 12.0. The van der Waals surface area contributed by atoms with Gasteiger partial charge in [-0.3, -0.25) is 15.6 Å². The molecule has 0 saturated carbocycles. The van der Waals surface area contributed by atoms with Gasteiger partial charge in [0.2, 0.25) is 0 Å². The summed E-state index contributed by atoms with van der Waals surface area (Å²) in [5.41, 5.74) is 8.25. The summed E-state index contributed by atoms with van der Waals surface area (Å²) >= 11 is 5.12. The van der Waals surface area contributed by atoms with Crippen LogP contribution in [-0.4, -0.2) is 11.0 Å². The van der Waals surface area contributed by atoms with Crippen molar-refractivity contribution in [1.82, 2.24) is 10.9 Å². The van der Waals surface area contributed by atoms with Crippen LogP contribution >= 0.6 is 12.2 Å². The molecule has 5 nitrogen and oxygen atoms in total. The summed E-state index contributed by atoms with van der Waals surface area (Å²) in [6.45, 7) is 4.03. The first-order valence-corrected chi connectivity index (χ1v) is 6.46. The molecule has 0 saturated heterocycles. The van der Waals surface area contributed by atoms with E-state index < -0.39 is 0 Å². The number of hydrazine groups is 1. The minimum atomic E-state index is -0.389. The second-order valence-electron chi connectivity index (χ2n) is 4.26. The van der Waals surface area contributed by atoms with Crippen molar-refractivity contribution < 1.29 is 9.21 Å². The fourth-order valence-corrected chi connectivity index (χ4v) is 1.78. The molecule has 3 N–H and O–H groups in total. The molecule has 0 aliphatic rings. The van der Waals surface area contributed by atoms with Crippen molar-refractivity contribution in [2.45, 2.75) is 13.8 Å². The first-order chi connectivity index (χ1) is 9.58. The first kappa shape index (κ1) is 14.1. The predicted octanol–water partition coefficient (Wildman–Crippen LogP) is 2.53. The Hall–Kier alpha value is -2.34. The molecule has 1 aromatic carbocycles. The van der Waals surface area contributed by atoms with Gasteiger partial charge in [0, 0.05) is 5.69 Å². The Kier molecular flexibility index (Phi) is 4.37. The van der Waals surface area contributed by atoms with Crippen LogP contribution in [0.15, 0.2) is 41.0 Å². The standard InChI is InChI=1S/C14H15N3O2S/c1-9-5-3-6-11(10(9)2)15-14(20)17-16-13(18)12-7-4-8-19-12/h3-8H,1-2H3,(H,16,18)(H2,15,17,20). The lowest BCUT2D eigenvalue weighted by atomic mass is 10.1. The van der Waals surface area contributed by atoms with Crippen LogP contribution in [0.2, 0.25) is 0 Å². The number of benzene rings is 1. The van der Waals surface area contributed by atoms with Crippen molar-refractivity contribution in [2.24, 2.45) is 0 Å². The van der Waals surface area contributed by atoms with Crippen molar-refractivity contribution in [3.63, 3.8) is 0 Å². The molecule has 0 aliphatic heterocycles. The number of furan rings is 1. The number of amides is 1. The second kappa shape index (κ2) is 6.21. The lowest BCUT2D eigenvalue weighted by Gasteiger charge is -2.13. The molecule has 104 valence electrons. The lowest BCUT2D eigenvalue weighted by molar-refractivity contribution is 0.0916. The molecule has 0 unspecified atom stereocenters.